The summed E-state index contributed by atoms with van der Waals surface area (Å²) in [5.74, 6) is 1.65. The van der Waals surface area contributed by atoms with Crippen molar-refractivity contribution in [3.05, 3.63) is 57.7 Å². The number of hydrogen-bond donors (Lipinski definition) is 0. The topological polar surface area (TPSA) is 81.7 Å². The van der Waals surface area contributed by atoms with Crippen LogP contribution in [0.3, 0.4) is 0 Å². The highest BCUT2D eigenvalue weighted by atomic mass is 32.1. The Morgan fingerprint density at radius 1 is 1.07 bits per heavy atom. The molecule has 1 saturated heterocycles. The second-order valence-corrected chi connectivity index (χ2v) is 8.26. The summed E-state index contributed by atoms with van der Waals surface area (Å²) in [5.41, 5.74) is 1.86. The fourth-order valence-electron chi connectivity index (χ4n) is 4.00. The van der Waals surface area contributed by atoms with Crippen LogP contribution in [0.4, 0.5) is 5.82 Å². The summed E-state index contributed by atoms with van der Waals surface area (Å²) in [6.45, 7) is 5.59. The molecule has 0 amide bonds. The van der Waals surface area contributed by atoms with Crippen molar-refractivity contribution in [2.24, 2.45) is 0 Å². The quantitative estimate of drug-likeness (QED) is 0.519. The normalized spacial score (nSPS) is 15.3. The van der Waals surface area contributed by atoms with E-state index in [0.717, 1.165) is 53.4 Å². The molecule has 0 aliphatic carbocycles. The van der Waals surface area contributed by atoms with Crippen LogP contribution in [0.2, 0.25) is 0 Å². The highest BCUT2D eigenvalue weighted by molar-refractivity contribution is 7.16. The monoisotopic (exact) mass is 407 g/mol. The molecular formula is C20H21N7OS. The van der Waals surface area contributed by atoms with Crippen LogP contribution in [0.25, 0.3) is 16.0 Å². The van der Waals surface area contributed by atoms with Gasteiger partial charge < -0.3 is 4.90 Å². The van der Waals surface area contributed by atoms with Gasteiger partial charge in [0.25, 0.3) is 5.56 Å². The number of thiophene rings is 1. The van der Waals surface area contributed by atoms with Gasteiger partial charge in [0.15, 0.2) is 5.82 Å². The molecule has 0 radical (unpaired) electrons. The van der Waals surface area contributed by atoms with E-state index in [0.29, 0.717) is 5.82 Å². The van der Waals surface area contributed by atoms with E-state index in [4.69, 9.17) is 0 Å². The van der Waals surface area contributed by atoms with Gasteiger partial charge in [-0.25, -0.2) is 19.3 Å². The maximum atomic E-state index is 12.5. The van der Waals surface area contributed by atoms with Crippen molar-refractivity contribution in [2.45, 2.75) is 32.7 Å². The molecule has 0 saturated carbocycles. The largest absolute Gasteiger partial charge is 0.356 e. The second-order valence-electron chi connectivity index (χ2n) is 7.37. The molecule has 5 rings (SSSR count). The third-order valence-corrected chi connectivity index (χ3v) is 6.21. The standard InChI is InChI=1S/C20H21N7OS/c1-13-11-14(2)26(23-13)17-3-4-18(28)27(24-17)15-5-8-25(9-6-15)19-16-7-10-29-20(16)22-12-21-19/h3-4,7,10-12,15H,5-6,8-9H2,1-2H3. The lowest BCUT2D eigenvalue weighted by Crippen LogP contribution is -2.39. The first-order valence-corrected chi connectivity index (χ1v) is 10.5. The van der Waals surface area contributed by atoms with E-state index in [1.54, 1.807) is 39.2 Å². The van der Waals surface area contributed by atoms with Gasteiger partial charge in [0.05, 0.1) is 17.1 Å². The number of nitrogens with zero attached hydrogens (tertiary/aromatic N) is 7. The Balaban J connectivity index is 1.39. The molecule has 0 spiro atoms. The number of rotatable bonds is 3. The van der Waals surface area contributed by atoms with Gasteiger partial charge in [0.2, 0.25) is 0 Å². The molecule has 1 aliphatic rings. The van der Waals surface area contributed by atoms with Crippen LogP contribution in [0.15, 0.2) is 40.8 Å². The van der Waals surface area contributed by atoms with Gasteiger partial charge in [-0.05, 0) is 50.3 Å². The van der Waals surface area contributed by atoms with Gasteiger partial charge in [0.1, 0.15) is 17.0 Å². The van der Waals surface area contributed by atoms with E-state index in [1.165, 1.54) is 0 Å². The molecule has 0 bridgehead atoms. The Hall–Kier alpha value is -3.07. The first-order valence-electron chi connectivity index (χ1n) is 9.67. The van der Waals surface area contributed by atoms with Crippen LogP contribution in [0, 0.1) is 13.8 Å². The summed E-state index contributed by atoms with van der Waals surface area (Å²) in [4.78, 5) is 24.7. The fraction of sp³-hybridized carbons (Fsp3) is 0.350. The minimum Gasteiger partial charge on any atom is -0.356 e. The first-order chi connectivity index (χ1) is 14.1. The van der Waals surface area contributed by atoms with Crippen LogP contribution in [0.5, 0.6) is 0 Å². The average Bonchev–Trinajstić information content (AvgIpc) is 3.34. The Kier molecular flexibility index (Phi) is 4.39. The summed E-state index contributed by atoms with van der Waals surface area (Å²) in [6, 6.07) is 7.47. The minimum absolute atomic E-state index is 0.0652. The van der Waals surface area contributed by atoms with Crippen molar-refractivity contribution in [3.63, 3.8) is 0 Å². The molecule has 9 heteroatoms. The molecule has 1 fully saturated rings. The van der Waals surface area contributed by atoms with Crippen LogP contribution < -0.4 is 10.5 Å². The second kappa shape index (κ2) is 7.07. The van der Waals surface area contributed by atoms with E-state index < -0.39 is 0 Å². The molecular weight excluding hydrogens is 386 g/mol. The highest BCUT2D eigenvalue weighted by Crippen LogP contribution is 2.30. The third-order valence-electron chi connectivity index (χ3n) is 5.39. The smallest absolute Gasteiger partial charge is 0.267 e. The maximum absolute atomic E-state index is 12.5. The lowest BCUT2D eigenvalue weighted by molar-refractivity contribution is 0.351. The molecule has 4 aromatic rings. The lowest BCUT2D eigenvalue weighted by atomic mass is 10.0. The van der Waals surface area contributed by atoms with E-state index in [2.05, 4.69) is 31.1 Å². The van der Waals surface area contributed by atoms with Crippen molar-refractivity contribution >= 4 is 27.4 Å². The Morgan fingerprint density at radius 2 is 1.90 bits per heavy atom. The Morgan fingerprint density at radius 3 is 2.66 bits per heavy atom. The number of fused-ring (bicyclic) bond motifs is 1. The molecule has 5 heterocycles. The molecule has 148 valence electrons. The van der Waals surface area contributed by atoms with Crippen LogP contribution in [0.1, 0.15) is 30.3 Å². The maximum Gasteiger partial charge on any atom is 0.267 e. The Labute approximate surface area is 171 Å². The molecule has 4 aromatic heterocycles. The van der Waals surface area contributed by atoms with E-state index in [9.17, 15) is 4.79 Å². The van der Waals surface area contributed by atoms with E-state index >= 15 is 0 Å². The van der Waals surface area contributed by atoms with Crippen LogP contribution >= 0.6 is 11.3 Å². The predicted octanol–water partition coefficient (Wildman–Crippen LogP) is 2.89. The molecule has 0 unspecified atom stereocenters. The van der Waals surface area contributed by atoms with Gasteiger partial charge in [0, 0.05) is 24.8 Å². The van der Waals surface area contributed by atoms with Crippen molar-refractivity contribution < 1.29 is 0 Å². The molecule has 1 aliphatic heterocycles. The summed E-state index contributed by atoms with van der Waals surface area (Å²) in [5, 5.41) is 12.3. The van der Waals surface area contributed by atoms with Gasteiger partial charge >= 0.3 is 0 Å². The van der Waals surface area contributed by atoms with E-state index in [1.807, 2.05) is 25.3 Å². The van der Waals surface area contributed by atoms with Crippen molar-refractivity contribution in [1.29, 1.82) is 0 Å². The van der Waals surface area contributed by atoms with Crippen molar-refractivity contribution in [1.82, 2.24) is 29.5 Å². The number of aryl methyl sites for hydroxylation is 2. The van der Waals surface area contributed by atoms with Gasteiger partial charge in [-0.3, -0.25) is 4.79 Å². The third kappa shape index (κ3) is 3.21. The lowest BCUT2D eigenvalue weighted by Gasteiger charge is -2.33. The van der Waals surface area contributed by atoms with Gasteiger partial charge in [-0.2, -0.15) is 5.10 Å². The fourth-order valence-corrected chi connectivity index (χ4v) is 4.73. The van der Waals surface area contributed by atoms with Gasteiger partial charge in [-0.1, -0.05) is 0 Å². The van der Waals surface area contributed by atoms with Crippen molar-refractivity contribution in [3.8, 4) is 5.82 Å². The molecule has 0 aromatic carbocycles. The number of aromatic nitrogens is 6. The van der Waals surface area contributed by atoms with Crippen molar-refractivity contribution in [2.75, 3.05) is 18.0 Å². The molecule has 0 atom stereocenters. The summed E-state index contributed by atoms with van der Waals surface area (Å²) in [6.07, 6.45) is 3.30. The number of anilines is 1. The molecule has 29 heavy (non-hydrogen) atoms. The summed E-state index contributed by atoms with van der Waals surface area (Å²) < 4.78 is 3.41. The SMILES string of the molecule is Cc1cc(C)n(-c2ccc(=O)n(C3CCN(c4ncnc5sccc45)CC3)n2)n1. The van der Waals surface area contributed by atoms with Gasteiger partial charge in [-0.15, -0.1) is 16.4 Å². The minimum atomic E-state index is -0.0732. The first kappa shape index (κ1) is 18.0. The van der Waals surface area contributed by atoms with Crippen LogP contribution in [-0.4, -0.2) is 42.6 Å². The molecule has 0 N–H and O–H groups in total. The predicted molar refractivity (Wildman–Crippen MR) is 113 cm³/mol. The zero-order chi connectivity index (χ0) is 20.0. The summed E-state index contributed by atoms with van der Waals surface area (Å²) >= 11 is 1.63. The molecule has 8 nitrogen and oxygen atoms in total. The number of hydrogen-bond acceptors (Lipinski definition) is 7. The summed E-state index contributed by atoms with van der Waals surface area (Å²) in [7, 11) is 0. The zero-order valence-corrected chi connectivity index (χ0v) is 17.1. The van der Waals surface area contributed by atoms with E-state index in [-0.39, 0.29) is 11.6 Å². The van der Waals surface area contributed by atoms with Crippen LogP contribution in [-0.2, 0) is 0 Å². The highest BCUT2D eigenvalue weighted by Gasteiger charge is 2.24. The Bertz CT molecular complexity index is 1230. The zero-order valence-electron chi connectivity index (χ0n) is 16.3. The number of piperidine rings is 1. The average molecular weight is 408 g/mol.